The van der Waals surface area contributed by atoms with Gasteiger partial charge in [-0.15, -0.1) is 0 Å². The molecule has 134 valence electrons. The molecular weight excluding hydrogens is 336 g/mol. The fourth-order valence-electron chi connectivity index (χ4n) is 3.28. The largest absolute Gasteiger partial charge is 0.306 e. The number of hydrogen-bond acceptors (Lipinski definition) is 3. The van der Waals surface area contributed by atoms with Crippen LogP contribution in [0.5, 0.6) is 0 Å². The number of nitrogens with zero attached hydrogens (tertiary/aromatic N) is 3. The van der Waals surface area contributed by atoms with Gasteiger partial charge in [0.25, 0.3) is 5.91 Å². The van der Waals surface area contributed by atoms with E-state index in [4.69, 9.17) is 5.10 Å². The van der Waals surface area contributed by atoms with Gasteiger partial charge in [0.2, 0.25) is 0 Å². The second-order valence-electron chi connectivity index (χ2n) is 6.38. The maximum atomic E-state index is 13.1. The van der Waals surface area contributed by atoms with Gasteiger partial charge in [-0.2, -0.15) is 5.10 Å². The van der Waals surface area contributed by atoms with Crippen LogP contribution in [-0.4, -0.2) is 20.7 Å². The highest BCUT2D eigenvalue weighted by atomic mass is 16.1. The Morgan fingerprint density at radius 3 is 2.67 bits per heavy atom. The number of para-hydroxylation sites is 1. The summed E-state index contributed by atoms with van der Waals surface area (Å²) in [6, 6.07) is 17.4. The van der Waals surface area contributed by atoms with E-state index in [9.17, 15) is 4.79 Å². The highest BCUT2D eigenvalue weighted by Crippen LogP contribution is 2.25. The second kappa shape index (κ2) is 7.03. The molecule has 0 saturated carbocycles. The molecule has 2 aromatic carbocycles. The monoisotopic (exact) mass is 356 g/mol. The molecule has 0 aliphatic carbocycles. The molecule has 4 aromatic rings. The van der Waals surface area contributed by atoms with Crippen LogP contribution in [0, 0.1) is 6.92 Å². The topological polar surface area (TPSA) is 59.8 Å². The average molecular weight is 356 g/mol. The van der Waals surface area contributed by atoms with Gasteiger partial charge in [0.05, 0.1) is 11.4 Å². The van der Waals surface area contributed by atoms with Crippen LogP contribution < -0.4 is 5.32 Å². The highest BCUT2D eigenvalue weighted by Gasteiger charge is 2.18. The summed E-state index contributed by atoms with van der Waals surface area (Å²) in [5, 5.41) is 9.60. The van der Waals surface area contributed by atoms with Gasteiger partial charge >= 0.3 is 0 Å². The number of benzene rings is 2. The first kappa shape index (κ1) is 17.0. The maximum Gasteiger partial charge on any atom is 0.257 e. The lowest BCUT2D eigenvalue weighted by molar-refractivity contribution is 0.102. The SMILES string of the molecule is CCc1nn(-c2ccccc2)c(NC(=O)c2cccc3cnccc23)c1C. The number of aryl methyl sites for hydroxylation is 1. The minimum atomic E-state index is -0.158. The molecule has 2 heterocycles. The third kappa shape index (κ3) is 3.08. The second-order valence-corrected chi connectivity index (χ2v) is 6.38. The molecule has 0 radical (unpaired) electrons. The molecule has 4 rings (SSSR count). The smallest absolute Gasteiger partial charge is 0.257 e. The van der Waals surface area contributed by atoms with Crippen molar-refractivity contribution in [3.63, 3.8) is 0 Å². The van der Waals surface area contributed by atoms with Crippen molar-refractivity contribution in [2.45, 2.75) is 20.3 Å². The van der Waals surface area contributed by atoms with Crippen LogP contribution in [0.3, 0.4) is 0 Å². The minimum absolute atomic E-state index is 0.158. The number of aromatic nitrogens is 3. The molecule has 2 aromatic heterocycles. The summed E-state index contributed by atoms with van der Waals surface area (Å²) in [6.07, 6.45) is 4.27. The van der Waals surface area contributed by atoms with Gasteiger partial charge in [0.15, 0.2) is 0 Å². The molecular formula is C22H20N4O. The fourth-order valence-corrected chi connectivity index (χ4v) is 3.28. The van der Waals surface area contributed by atoms with Gasteiger partial charge in [-0.1, -0.05) is 37.3 Å². The van der Waals surface area contributed by atoms with Crippen LogP contribution in [0.15, 0.2) is 67.0 Å². The quantitative estimate of drug-likeness (QED) is 0.584. The number of fused-ring (bicyclic) bond motifs is 1. The van der Waals surface area contributed by atoms with E-state index in [1.165, 1.54) is 0 Å². The number of carbonyl (C=O) groups is 1. The summed E-state index contributed by atoms with van der Waals surface area (Å²) in [5.41, 5.74) is 3.48. The van der Waals surface area contributed by atoms with Gasteiger partial charge in [0, 0.05) is 28.9 Å². The zero-order valence-corrected chi connectivity index (χ0v) is 15.3. The van der Waals surface area contributed by atoms with Crippen LogP contribution in [0.25, 0.3) is 16.5 Å². The van der Waals surface area contributed by atoms with E-state index in [2.05, 4.69) is 17.2 Å². The van der Waals surface area contributed by atoms with E-state index in [0.717, 1.165) is 34.1 Å². The number of carbonyl (C=O) groups excluding carboxylic acids is 1. The summed E-state index contributed by atoms with van der Waals surface area (Å²) in [4.78, 5) is 17.2. The summed E-state index contributed by atoms with van der Waals surface area (Å²) < 4.78 is 1.80. The van der Waals surface area contributed by atoms with Gasteiger partial charge in [-0.3, -0.25) is 9.78 Å². The molecule has 0 spiro atoms. The Kier molecular flexibility index (Phi) is 4.42. The van der Waals surface area contributed by atoms with Crippen molar-refractivity contribution in [3.05, 3.63) is 83.8 Å². The van der Waals surface area contributed by atoms with Crippen molar-refractivity contribution in [2.75, 3.05) is 5.32 Å². The van der Waals surface area contributed by atoms with Crippen molar-refractivity contribution in [3.8, 4) is 5.69 Å². The van der Waals surface area contributed by atoms with Crippen molar-refractivity contribution in [2.24, 2.45) is 0 Å². The third-order valence-electron chi connectivity index (χ3n) is 4.71. The van der Waals surface area contributed by atoms with Crippen LogP contribution in [0.1, 0.15) is 28.5 Å². The molecule has 0 unspecified atom stereocenters. The number of hydrogen-bond donors (Lipinski definition) is 1. The molecule has 0 aliphatic rings. The lowest BCUT2D eigenvalue weighted by Crippen LogP contribution is -2.16. The van der Waals surface area contributed by atoms with E-state index in [0.29, 0.717) is 11.4 Å². The number of anilines is 1. The zero-order valence-electron chi connectivity index (χ0n) is 15.3. The lowest BCUT2D eigenvalue weighted by Gasteiger charge is -2.11. The Hall–Kier alpha value is -3.47. The van der Waals surface area contributed by atoms with Crippen molar-refractivity contribution in [1.82, 2.24) is 14.8 Å². The Bertz CT molecular complexity index is 1110. The van der Waals surface area contributed by atoms with Crippen LogP contribution in [0.2, 0.25) is 0 Å². The summed E-state index contributed by atoms with van der Waals surface area (Å²) in [5.74, 6) is 0.545. The van der Waals surface area contributed by atoms with Gasteiger partial charge in [-0.25, -0.2) is 4.68 Å². The maximum absolute atomic E-state index is 13.1. The first-order chi connectivity index (χ1) is 13.2. The summed E-state index contributed by atoms with van der Waals surface area (Å²) >= 11 is 0. The number of pyridine rings is 1. The zero-order chi connectivity index (χ0) is 18.8. The van der Waals surface area contributed by atoms with Crippen molar-refractivity contribution < 1.29 is 4.79 Å². The van der Waals surface area contributed by atoms with Gasteiger partial charge in [-0.05, 0) is 43.0 Å². The molecule has 0 bridgehead atoms. The number of rotatable bonds is 4. The Balaban J connectivity index is 1.78. The first-order valence-electron chi connectivity index (χ1n) is 8.97. The first-order valence-corrected chi connectivity index (χ1v) is 8.97. The highest BCUT2D eigenvalue weighted by molar-refractivity contribution is 6.12. The predicted molar refractivity (Wildman–Crippen MR) is 107 cm³/mol. The van der Waals surface area contributed by atoms with Gasteiger partial charge < -0.3 is 5.32 Å². The normalized spacial score (nSPS) is 10.9. The predicted octanol–water partition coefficient (Wildman–Crippen LogP) is 4.54. The Morgan fingerprint density at radius 2 is 1.89 bits per heavy atom. The van der Waals surface area contributed by atoms with Gasteiger partial charge in [0.1, 0.15) is 5.82 Å². The molecule has 0 saturated heterocycles. The minimum Gasteiger partial charge on any atom is -0.306 e. The molecule has 5 nitrogen and oxygen atoms in total. The van der Waals surface area contributed by atoms with E-state index in [-0.39, 0.29) is 5.91 Å². The third-order valence-corrected chi connectivity index (χ3v) is 4.71. The van der Waals surface area contributed by atoms with Crippen molar-refractivity contribution >= 4 is 22.5 Å². The van der Waals surface area contributed by atoms with Crippen LogP contribution in [0.4, 0.5) is 5.82 Å². The molecule has 1 amide bonds. The molecule has 0 aliphatic heterocycles. The molecule has 5 heteroatoms. The summed E-state index contributed by atoms with van der Waals surface area (Å²) in [7, 11) is 0. The van der Waals surface area contributed by atoms with E-state index in [1.54, 1.807) is 17.1 Å². The number of nitrogens with one attached hydrogen (secondary N) is 1. The number of amides is 1. The summed E-state index contributed by atoms with van der Waals surface area (Å²) in [6.45, 7) is 4.06. The Morgan fingerprint density at radius 1 is 1.07 bits per heavy atom. The van der Waals surface area contributed by atoms with Crippen LogP contribution >= 0.6 is 0 Å². The standard InChI is InChI=1S/C22H20N4O/c1-3-20-15(2)21(26(25-20)17-9-5-4-6-10-17)24-22(27)19-11-7-8-16-14-23-13-12-18(16)19/h4-14H,3H2,1-2H3,(H,24,27). The molecule has 0 atom stereocenters. The van der Waals surface area contributed by atoms with E-state index < -0.39 is 0 Å². The molecule has 27 heavy (non-hydrogen) atoms. The fraction of sp³-hybridized carbons (Fsp3) is 0.136. The molecule has 0 fully saturated rings. The van der Waals surface area contributed by atoms with E-state index in [1.807, 2.05) is 61.5 Å². The van der Waals surface area contributed by atoms with Crippen LogP contribution in [-0.2, 0) is 6.42 Å². The van der Waals surface area contributed by atoms with E-state index >= 15 is 0 Å². The lowest BCUT2D eigenvalue weighted by atomic mass is 10.1. The average Bonchev–Trinajstić information content (AvgIpc) is 3.03. The Labute approximate surface area is 157 Å². The van der Waals surface area contributed by atoms with Crippen molar-refractivity contribution in [1.29, 1.82) is 0 Å². The molecule has 1 N–H and O–H groups in total.